The number of carbonyl (C=O) groups excluding carboxylic acids is 2. The van der Waals surface area contributed by atoms with E-state index in [2.05, 4.69) is 22.8 Å². The normalized spacial score (nSPS) is 13.7. The summed E-state index contributed by atoms with van der Waals surface area (Å²) in [7, 11) is 0. The lowest BCUT2D eigenvalue weighted by Gasteiger charge is -2.22. The van der Waals surface area contributed by atoms with Crippen LogP contribution in [0.5, 0.6) is 5.75 Å². The van der Waals surface area contributed by atoms with Crippen LogP contribution in [0.15, 0.2) is 42.5 Å². The highest BCUT2D eigenvalue weighted by Gasteiger charge is 2.25. The molecule has 1 aliphatic rings. The molecule has 0 aliphatic heterocycles. The Balaban J connectivity index is 1.49. The topological polar surface area (TPSA) is 67.4 Å². The summed E-state index contributed by atoms with van der Waals surface area (Å²) < 4.78 is 19.5. The fraction of sp³-hybridized carbons (Fsp3) is 0.391. The lowest BCUT2D eigenvalue weighted by molar-refractivity contribution is -0.124. The molecule has 0 radical (unpaired) electrons. The number of nitrogens with one attached hydrogen (secondary N) is 2. The Labute approximate surface area is 170 Å². The van der Waals surface area contributed by atoms with Crippen molar-refractivity contribution in [3.8, 4) is 5.75 Å². The zero-order valence-corrected chi connectivity index (χ0v) is 16.8. The Hall–Kier alpha value is -2.89. The van der Waals surface area contributed by atoms with E-state index >= 15 is 0 Å². The van der Waals surface area contributed by atoms with Crippen LogP contribution < -0.4 is 15.4 Å². The van der Waals surface area contributed by atoms with Crippen molar-refractivity contribution in [2.75, 3.05) is 13.2 Å². The lowest BCUT2D eigenvalue weighted by atomic mass is 10.0. The molecule has 0 saturated carbocycles. The number of halogens is 1. The van der Waals surface area contributed by atoms with E-state index in [1.54, 1.807) is 6.07 Å². The van der Waals surface area contributed by atoms with Gasteiger partial charge < -0.3 is 15.4 Å². The number of ether oxygens (including phenoxy) is 1. The van der Waals surface area contributed by atoms with Crippen LogP contribution in [0.3, 0.4) is 0 Å². The van der Waals surface area contributed by atoms with Gasteiger partial charge in [-0.25, -0.2) is 4.39 Å². The molecule has 0 spiro atoms. The molecule has 0 bridgehead atoms. The van der Waals surface area contributed by atoms with Crippen molar-refractivity contribution in [1.82, 2.24) is 10.6 Å². The number of rotatable bonds is 8. The van der Waals surface area contributed by atoms with Crippen LogP contribution in [0.25, 0.3) is 0 Å². The second-order valence-corrected chi connectivity index (χ2v) is 7.60. The maximum absolute atomic E-state index is 13.8. The van der Waals surface area contributed by atoms with Gasteiger partial charge in [0.2, 0.25) is 5.91 Å². The van der Waals surface area contributed by atoms with E-state index in [1.165, 1.54) is 35.7 Å². The van der Waals surface area contributed by atoms with Crippen LogP contribution in [0.4, 0.5) is 4.39 Å². The van der Waals surface area contributed by atoms with Crippen LogP contribution in [-0.4, -0.2) is 31.0 Å². The molecular weight excluding hydrogens is 371 g/mol. The van der Waals surface area contributed by atoms with E-state index in [9.17, 15) is 14.0 Å². The van der Waals surface area contributed by atoms with Crippen molar-refractivity contribution in [2.24, 2.45) is 5.92 Å². The molecular formula is C23H27FN2O3. The monoisotopic (exact) mass is 398 g/mol. The van der Waals surface area contributed by atoms with Crippen LogP contribution in [0, 0.1) is 11.7 Å². The van der Waals surface area contributed by atoms with E-state index < -0.39 is 17.8 Å². The van der Waals surface area contributed by atoms with Crippen molar-refractivity contribution in [2.45, 2.75) is 39.2 Å². The molecule has 0 heterocycles. The third kappa shape index (κ3) is 5.34. The van der Waals surface area contributed by atoms with E-state index in [-0.39, 0.29) is 17.4 Å². The molecule has 3 rings (SSSR count). The highest BCUT2D eigenvalue weighted by molar-refractivity contribution is 5.97. The Kier molecular flexibility index (Phi) is 6.86. The number of benzene rings is 2. The van der Waals surface area contributed by atoms with E-state index in [1.807, 2.05) is 19.9 Å². The minimum Gasteiger partial charge on any atom is -0.492 e. The average Bonchev–Trinajstić information content (AvgIpc) is 3.17. The Morgan fingerprint density at radius 2 is 1.86 bits per heavy atom. The summed E-state index contributed by atoms with van der Waals surface area (Å²) in [6.07, 6.45) is 3.39. The number of aryl methyl sites for hydroxylation is 2. The van der Waals surface area contributed by atoms with Gasteiger partial charge in [-0.05, 0) is 60.6 Å². The van der Waals surface area contributed by atoms with Gasteiger partial charge in [-0.3, -0.25) is 9.59 Å². The average molecular weight is 398 g/mol. The number of amides is 2. The molecule has 154 valence electrons. The van der Waals surface area contributed by atoms with Crippen LogP contribution >= 0.6 is 0 Å². The van der Waals surface area contributed by atoms with Crippen molar-refractivity contribution < 1.29 is 18.7 Å². The molecule has 1 unspecified atom stereocenters. The van der Waals surface area contributed by atoms with Gasteiger partial charge in [-0.2, -0.15) is 0 Å². The molecule has 0 fully saturated rings. The van der Waals surface area contributed by atoms with Gasteiger partial charge in [0, 0.05) is 0 Å². The summed E-state index contributed by atoms with van der Waals surface area (Å²) in [4.78, 5) is 24.9. The van der Waals surface area contributed by atoms with Gasteiger partial charge >= 0.3 is 0 Å². The maximum Gasteiger partial charge on any atom is 0.254 e. The molecule has 0 saturated heterocycles. The van der Waals surface area contributed by atoms with Gasteiger partial charge in [0.15, 0.2) is 0 Å². The molecule has 1 aliphatic carbocycles. The van der Waals surface area contributed by atoms with Gasteiger partial charge in [-0.1, -0.05) is 32.0 Å². The third-order valence-corrected chi connectivity index (χ3v) is 5.09. The Morgan fingerprint density at radius 3 is 2.62 bits per heavy atom. The summed E-state index contributed by atoms with van der Waals surface area (Å²) in [5.74, 6) is -0.888. The van der Waals surface area contributed by atoms with E-state index in [4.69, 9.17) is 4.74 Å². The van der Waals surface area contributed by atoms with Crippen molar-refractivity contribution in [1.29, 1.82) is 0 Å². The molecule has 29 heavy (non-hydrogen) atoms. The molecule has 2 aromatic carbocycles. The quantitative estimate of drug-likeness (QED) is 0.671. The van der Waals surface area contributed by atoms with Crippen LogP contribution in [-0.2, 0) is 17.6 Å². The summed E-state index contributed by atoms with van der Waals surface area (Å²) in [6.45, 7) is 4.30. The smallest absolute Gasteiger partial charge is 0.254 e. The summed E-state index contributed by atoms with van der Waals surface area (Å²) in [5.41, 5.74) is 2.64. The third-order valence-electron chi connectivity index (χ3n) is 5.09. The zero-order chi connectivity index (χ0) is 20.8. The van der Waals surface area contributed by atoms with Gasteiger partial charge in [0.25, 0.3) is 5.91 Å². The molecule has 5 nitrogen and oxygen atoms in total. The van der Waals surface area contributed by atoms with Gasteiger partial charge in [-0.15, -0.1) is 0 Å². The first-order valence-corrected chi connectivity index (χ1v) is 10.0. The largest absolute Gasteiger partial charge is 0.492 e. The standard InChI is InChI=1S/C23H27FN2O3/c1-15(2)21(26-22(27)19-8-3-4-9-20(19)24)23(28)25-12-13-29-18-11-10-16-6-5-7-17(16)14-18/h3-4,8-11,14-15,21H,5-7,12-13H2,1-2H3,(H,25,28)(H,26,27). The molecule has 2 aromatic rings. The highest BCUT2D eigenvalue weighted by atomic mass is 19.1. The summed E-state index contributed by atoms with van der Waals surface area (Å²) in [6, 6.07) is 11.1. The second kappa shape index (κ2) is 9.54. The molecule has 2 N–H and O–H groups in total. The van der Waals surface area contributed by atoms with Crippen LogP contribution in [0.1, 0.15) is 41.8 Å². The predicted octanol–water partition coefficient (Wildman–Crippen LogP) is 3.26. The first-order chi connectivity index (χ1) is 14.0. The lowest BCUT2D eigenvalue weighted by Crippen LogP contribution is -2.50. The molecule has 6 heteroatoms. The Bertz CT molecular complexity index is 882. The van der Waals surface area contributed by atoms with E-state index in [0.717, 1.165) is 18.6 Å². The number of hydrogen-bond donors (Lipinski definition) is 2. The predicted molar refractivity (Wildman–Crippen MR) is 109 cm³/mol. The minimum atomic E-state index is -0.762. The second-order valence-electron chi connectivity index (χ2n) is 7.60. The van der Waals surface area contributed by atoms with Crippen molar-refractivity contribution >= 4 is 11.8 Å². The fourth-order valence-electron chi connectivity index (χ4n) is 3.49. The minimum absolute atomic E-state index is 0.0779. The molecule has 0 aromatic heterocycles. The number of hydrogen-bond acceptors (Lipinski definition) is 3. The van der Waals surface area contributed by atoms with Crippen molar-refractivity contribution in [3.05, 3.63) is 65.0 Å². The zero-order valence-electron chi connectivity index (χ0n) is 16.8. The first kappa shape index (κ1) is 20.8. The van der Waals surface area contributed by atoms with Crippen LogP contribution in [0.2, 0.25) is 0 Å². The first-order valence-electron chi connectivity index (χ1n) is 10.0. The summed E-state index contributed by atoms with van der Waals surface area (Å²) >= 11 is 0. The van der Waals surface area contributed by atoms with E-state index in [0.29, 0.717) is 13.2 Å². The molecule has 1 atom stereocenters. The Morgan fingerprint density at radius 1 is 1.10 bits per heavy atom. The van der Waals surface area contributed by atoms with Gasteiger partial charge in [0.1, 0.15) is 24.2 Å². The number of carbonyl (C=O) groups is 2. The summed E-state index contributed by atoms with van der Waals surface area (Å²) in [5, 5.41) is 5.41. The number of fused-ring (bicyclic) bond motifs is 1. The highest BCUT2D eigenvalue weighted by Crippen LogP contribution is 2.25. The maximum atomic E-state index is 13.8. The van der Waals surface area contributed by atoms with Crippen molar-refractivity contribution in [3.63, 3.8) is 0 Å². The molecule has 2 amide bonds. The van der Waals surface area contributed by atoms with Gasteiger partial charge in [0.05, 0.1) is 12.1 Å². The SMILES string of the molecule is CC(C)C(NC(=O)c1ccccc1F)C(=O)NCCOc1ccc2c(c1)CCC2. The fourth-order valence-corrected chi connectivity index (χ4v) is 3.49.